The van der Waals surface area contributed by atoms with E-state index in [1.54, 1.807) is 0 Å². The topological polar surface area (TPSA) is 41.2 Å². The molecule has 0 aliphatic carbocycles. The van der Waals surface area contributed by atoms with Crippen LogP contribution in [0.1, 0.15) is 44.8 Å². The largest absolute Gasteiger partial charge is 0.368 e. The fourth-order valence-corrected chi connectivity index (χ4v) is 2.63. The van der Waals surface area contributed by atoms with Gasteiger partial charge >= 0.3 is 0 Å². The van der Waals surface area contributed by atoms with Crippen LogP contribution < -0.4 is 0 Å². The maximum absolute atomic E-state index is 5.85. The minimum absolute atomic E-state index is 0.00894. The van der Waals surface area contributed by atoms with Gasteiger partial charge in [0.05, 0.1) is 6.61 Å². The Morgan fingerprint density at radius 3 is 3.05 bits per heavy atom. The molecule has 0 spiro atoms. The number of morpholine rings is 1. The van der Waals surface area contributed by atoms with Crippen molar-refractivity contribution in [3.05, 3.63) is 22.2 Å². The molecular formula is C14H23N3OS. The zero-order chi connectivity index (χ0) is 13.8. The minimum Gasteiger partial charge on any atom is -0.368 e. The molecule has 1 unspecified atom stereocenters. The van der Waals surface area contributed by atoms with E-state index in [4.69, 9.17) is 17.0 Å². The van der Waals surface area contributed by atoms with Gasteiger partial charge < -0.3 is 9.72 Å². The van der Waals surface area contributed by atoms with Crippen molar-refractivity contribution in [1.82, 2.24) is 14.9 Å². The lowest BCUT2D eigenvalue weighted by atomic mass is 10.2. The van der Waals surface area contributed by atoms with Gasteiger partial charge in [-0.15, -0.1) is 0 Å². The fraction of sp³-hybridized carbons (Fsp3) is 0.714. The number of aryl methyl sites for hydroxylation is 1. The van der Waals surface area contributed by atoms with E-state index in [0.29, 0.717) is 10.7 Å². The number of H-pyrrole nitrogens is 1. The minimum atomic E-state index is 0.00894. The van der Waals surface area contributed by atoms with Crippen molar-refractivity contribution >= 4 is 12.2 Å². The first-order valence-corrected chi connectivity index (χ1v) is 7.46. The maximum Gasteiger partial charge on any atom is 0.138 e. The van der Waals surface area contributed by atoms with Crippen molar-refractivity contribution in [1.29, 1.82) is 0 Å². The summed E-state index contributed by atoms with van der Waals surface area (Å²) >= 11 is 5.25. The summed E-state index contributed by atoms with van der Waals surface area (Å²) in [5, 5.41) is 0. The van der Waals surface area contributed by atoms with Crippen LogP contribution in [0.2, 0.25) is 0 Å². The molecule has 106 valence electrons. The molecule has 5 heteroatoms. The molecule has 4 nitrogen and oxygen atoms in total. The highest BCUT2D eigenvalue weighted by Crippen LogP contribution is 2.21. The molecular weight excluding hydrogens is 258 g/mol. The molecule has 1 saturated heterocycles. The monoisotopic (exact) mass is 281 g/mol. The summed E-state index contributed by atoms with van der Waals surface area (Å²) < 4.78 is 6.51. The van der Waals surface area contributed by atoms with E-state index in [1.807, 2.05) is 6.07 Å². The molecule has 1 aromatic rings. The lowest BCUT2D eigenvalue weighted by Crippen LogP contribution is -2.42. The Morgan fingerprint density at radius 2 is 2.37 bits per heavy atom. The van der Waals surface area contributed by atoms with Gasteiger partial charge in [-0.1, -0.05) is 25.6 Å². The summed E-state index contributed by atoms with van der Waals surface area (Å²) in [5.41, 5.74) is 1.16. The molecule has 2 rings (SSSR count). The lowest BCUT2D eigenvalue weighted by Gasteiger charge is -2.35. The van der Waals surface area contributed by atoms with Crippen LogP contribution >= 0.6 is 12.2 Å². The summed E-state index contributed by atoms with van der Waals surface area (Å²) in [5.74, 6) is 0.876. The molecule has 0 aromatic carbocycles. The third kappa shape index (κ3) is 3.84. The van der Waals surface area contributed by atoms with Gasteiger partial charge in [-0.05, 0) is 26.3 Å². The molecule has 0 amide bonds. The van der Waals surface area contributed by atoms with E-state index >= 15 is 0 Å². The van der Waals surface area contributed by atoms with Crippen LogP contribution in [0.25, 0.3) is 0 Å². The van der Waals surface area contributed by atoms with Crippen molar-refractivity contribution < 1.29 is 4.74 Å². The van der Waals surface area contributed by atoms with Crippen molar-refractivity contribution in [2.75, 3.05) is 19.7 Å². The predicted octanol–water partition coefficient (Wildman–Crippen LogP) is 2.87. The normalized spacial score (nSPS) is 20.9. The molecule has 1 aliphatic heterocycles. The number of rotatable bonds is 4. The first kappa shape index (κ1) is 14.6. The van der Waals surface area contributed by atoms with E-state index in [1.165, 1.54) is 0 Å². The molecule has 1 aromatic heterocycles. The highest BCUT2D eigenvalue weighted by molar-refractivity contribution is 7.71. The second-order valence-corrected chi connectivity index (χ2v) is 5.75. The summed E-state index contributed by atoms with van der Waals surface area (Å²) in [4.78, 5) is 10.2. The van der Waals surface area contributed by atoms with Gasteiger partial charge in [0, 0.05) is 24.8 Å². The predicted molar refractivity (Wildman–Crippen MR) is 78.8 cm³/mol. The number of hydrogen-bond donors (Lipinski definition) is 1. The van der Waals surface area contributed by atoms with Gasteiger partial charge in [0.15, 0.2) is 0 Å². The molecule has 0 bridgehead atoms. The molecule has 1 fully saturated rings. The van der Waals surface area contributed by atoms with Gasteiger partial charge in [-0.25, -0.2) is 4.98 Å². The summed E-state index contributed by atoms with van der Waals surface area (Å²) in [7, 11) is 0. The Morgan fingerprint density at radius 1 is 1.58 bits per heavy atom. The summed E-state index contributed by atoms with van der Waals surface area (Å²) in [6, 6.07) is 2.49. The van der Waals surface area contributed by atoms with Crippen LogP contribution in [0.4, 0.5) is 0 Å². The van der Waals surface area contributed by atoms with Gasteiger partial charge in [-0.2, -0.15) is 0 Å². The number of ether oxygens (including phenoxy) is 1. The Hall–Kier alpha value is -0.780. The number of hydrogen-bond acceptors (Lipinski definition) is 4. The van der Waals surface area contributed by atoms with Crippen molar-refractivity contribution in [2.45, 2.75) is 45.8 Å². The van der Waals surface area contributed by atoms with E-state index < -0.39 is 0 Å². The molecule has 0 saturated carbocycles. The van der Waals surface area contributed by atoms with Crippen molar-refractivity contribution in [2.24, 2.45) is 0 Å². The zero-order valence-corrected chi connectivity index (χ0v) is 12.8. The number of aromatic amines is 1. The molecule has 1 N–H and O–H groups in total. The Bertz CT molecular complexity index is 472. The second kappa shape index (κ2) is 6.59. The molecule has 1 aliphatic rings. The Labute approximate surface area is 120 Å². The van der Waals surface area contributed by atoms with Crippen LogP contribution in [0, 0.1) is 4.64 Å². The van der Waals surface area contributed by atoms with Crippen molar-refractivity contribution in [3.63, 3.8) is 0 Å². The lowest BCUT2D eigenvalue weighted by molar-refractivity contribution is -0.0444. The van der Waals surface area contributed by atoms with E-state index in [-0.39, 0.29) is 6.10 Å². The SMILES string of the molecule is CCCc1cc(=S)nc(C2CN(C(C)C)CCO2)[nH]1. The average Bonchev–Trinajstić information content (AvgIpc) is 2.38. The van der Waals surface area contributed by atoms with Crippen LogP contribution in [-0.2, 0) is 11.2 Å². The highest BCUT2D eigenvalue weighted by Gasteiger charge is 2.25. The summed E-state index contributed by atoms with van der Waals surface area (Å²) in [6.45, 7) is 9.21. The van der Waals surface area contributed by atoms with Crippen LogP contribution in [0.15, 0.2) is 6.07 Å². The first-order chi connectivity index (χ1) is 9.10. The molecule has 2 heterocycles. The number of nitrogens with zero attached hydrogens (tertiary/aromatic N) is 2. The third-order valence-electron chi connectivity index (χ3n) is 3.47. The van der Waals surface area contributed by atoms with Gasteiger partial charge in [-0.3, -0.25) is 4.90 Å². The second-order valence-electron chi connectivity index (χ2n) is 5.33. The van der Waals surface area contributed by atoms with E-state index in [0.717, 1.165) is 44.1 Å². The van der Waals surface area contributed by atoms with E-state index in [2.05, 4.69) is 35.6 Å². The van der Waals surface area contributed by atoms with Crippen molar-refractivity contribution in [3.8, 4) is 0 Å². The maximum atomic E-state index is 5.85. The molecule has 1 atom stereocenters. The highest BCUT2D eigenvalue weighted by atomic mass is 32.1. The number of aromatic nitrogens is 2. The smallest absolute Gasteiger partial charge is 0.138 e. The third-order valence-corrected chi connectivity index (χ3v) is 3.68. The van der Waals surface area contributed by atoms with E-state index in [9.17, 15) is 0 Å². The van der Waals surface area contributed by atoms with Crippen LogP contribution in [0.3, 0.4) is 0 Å². The fourth-order valence-electron chi connectivity index (χ4n) is 2.39. The van der Waals surface area contributed by atoms with Crippen LogP contribution in [-0.4, -0.2) is 40.6 Å². The van der Waals surface area contributed by atoms with Gasteiger partial charge in [0.1, 0.15) is 16.6 Å². The zero-order valence-electron chi connectivity index (χ0n) is 12.0. The van der Waals surface area contributed by atoms with Gasteiger partial charge in [0.2, 0.25) is 0 Å². The standard InChI is InChI=1S/C14H23N3OS/c1-4-5-11-8-13(19)16-14(15-11)12-9-17(10(2)3)6-7-18-12/h8,10,12H,4-7,9H2,1-3H3,(H,15,16,19). The Kier molecular flexibility index (Phi) is 5.07. The average molecular weight is 281 g/mol. The quantitative estimate of drug-likeness (QED) is 0.862. The summed E-state index contributed by atoms with van der Waals surface area (Å²) in [6.07, 6.45) is 2.10. The van der Waals surface area contributed by atoms with Gasteiger partial charge in [0.25, 0.3) is 0 Å². The molecule has 0 radical (unpaired) electrons. The number of nitrogens with one attached hydrogen (secondary N) is 1. The molecule has 19 heavy (non-hydrogen) atoms. The first-order valence-electron chi connectivity index (χ1n) is 7.06. The Balaban J connectivity index is 2.18. The van der Waals surface area contributed by atoms with Crippen LogP contribution in [0.5, 0.6) is 0 Å².